The van der Waals surface area contributed by atoms with Gasteiger partial charge in [0.25, 0.3) is 5.96 Å². The number of allylic oxidation sites excluding steroid dienone is 1. The van der Waals surface area contributed by atoms with E-state index in [0.717, 1.165) is 6.54 Å². The van der Waals surface area contributed by atoms with Crippen molar-refractivity contribution < 1.29 is 14.7 Å². The summed E-state index contributed by atoms with van der Waals surface area (Å²) in [5.41, 5.74) is 6.16. The van der Waals surface area contributed by atoms with E-state index < -0.39 is 12.2 Å². The van der Waals surface area contributed by atoms with Gasteiger partial charge in [-0.3, -0.25) is 0 Å². The van der Waals surface area contributed by atoms with Gasteiger partial charge in [0, 0.05) is 12.6 Å². The molecule has 1 heterocycles. The second-order valence-electron chi connectivity index (χ2n) is 4.40. The number of aliphatic imine (C=N–C) groups is 1. The Morgan fingerprint density at radius 3 is 3.20 bits per heavy atom. The Bertz CT molecular complexity index is 509. The largest absolute Gasteiger partial charge is 0.389 e. The van der Waals surface area contributed by atoms with Crippen molar-refractivity contribution in [3.8, 4) is 0 Å². The predicted molar refractivity (Wildman–Crippen MR) is 74.2 cm³/mol. The standard InChI is InChI=1S/C12H18N5O3/c1-2-14-6-8(18)7-20-9-3-4-10-11(5-9)17(19)16-12(13)15-10/h3-5,8-9,14,18H,2,6-7H2,1H3,(H2,13,16,19)/q+1. The van der Waals surface area contributed by atoms with Gasteiger partial charge in [0.2, 0.25) is 0 Å². The lowest BCUT2D eigenvalue weighted by Crippen LogP contribution is -2.32. The summed E-state index contributed by atoms with van der Waals surface area (Å²) in [7, 11) is 0. The molecule has 0 fully saturated rings. The van der Waals surface area contributed by atoms with Gasteiger partial charge in [0.1, 0.15) is 11.8 Å². The van der Waals surface area contributed by atoms with E-state index in [9.17, 15) is 10.0 Å². The molecule has 2 rings (SSSR count). The first-order valence-corrected chi connectivity index (χ1v) is 6.41. The number of ether oxygens (including phenoxy) is 1. The first-order valence-electron chi connectivity index (χ1n) is 6.41. The van der Waals surface area contributed by atoms with Gasteiger partial charge in [0.15, 0.2) is 4.87 Å². The minimum atomic E-state index is -0.597. The fraction of sp³-hybridized carbons (Fsp3) is 0.500. The fourth-order valence-electron chi connectivity index (χ4n) is 1.81. The minimum Gasteiger partial charge on any atom is -0.389 e. The highest BCUT2D eigenvalue weighted by molar-refractivity contribution is 6.13. The first kappa shape index (κ1) is 14.5. The summed E-state index contributed by atoms with van der Waals surface area (Å²) in [4.78, 5) is 16.0. The summed E-state index contributed by atoms with van der Waals surface area (Å²) in [6.07, 6.45) is 4.01. The van der Waals surface area contributed by atoms with Crippen molar-refractivity contribution >= 4 is 11.7 Å². The Hall–Kier alpha value is -1.90. The number of aliphatic hydroxyl groups excluding tert-OH is 1. The van der Waals surface area contributed by atoms with Gasteiger partial charge in [-0.15, -0.1) is 0 Å². The molecule has 20 heavy (non-hydrogen) atoms. The van der Waals surface area contributed by atoms with Crippen molar-refractivity contribution in [3.05, 3.63) is 28.8 Å². The van der Waals surface area contributed by atoms with E-state index >= 15 is 0 Å². The average molecular weight is 280 g/mol. The van der Waals surface area contributed by atoms with Gasteiger partial charge >= 0.3 is 5.70 Å². The maximum Gasteiger partial charge on any atom is 0.319 e. The van der Waals surface area contributed by atoms with E-state index in [-0.39, 0.29) is 12.6 Å². The Kier molecular flexibility index (Phi) is 4.72. The van der Waals surface area contributed by atoms with E-state index in [1.807, 2.05) is 6.92 Å². The average Bonchev–Trinajstić information content (AvgIpc) is 2.43. The molecule has 0 aromatic rings. The molecule has 2 aliphatic rings. The Labute approximate surface area is 116 Å². The molecule has 0 radical (unpaired) electrons. The SMILES string of the molecule is CCNCC(O)COC1C=CC2=NC(N)=N[N+](=O)C2=C1. The maximum absolute atomic E-state index is 11.6. The number of hydrogen-bond acceptors (Lipinski definition) is 6. The van der Waals surface area contributed by atoms with E-state index in [2.05, 4.69) is 15.4 Å². The molecule has 0 bridgehead atoms. The third kappa shape index (κ3) is 3.56. The number of nitrogens with one attached hydrogen (secondary N) is 1. The molecule has 2 unspecified atom stereocenters. The molecule has 8 nitrogen and oxygen atoms in total. The number of hydrazone groups is 1. The third-order valence-corrected chi connectivity index (χ3v) is 2.77. The smallest absolute Gasteiger partial charge is 0.319 e. The first-order chi connectivity index (χ1) is 9.60. The van der Waals surface area contributed by atoms with Gasteiger partial charge in [0.05, 0.1) is 22.7 Å². The summed E-state index contributed by atoms with van der Waals surface area (Å²) in [5, 5.41) is 16.2. The summed E-state index contributed by atoms with van der Waals surface area (Å²) < 4.78 is 5.51. The monoisotopic (exact) mass is 280 g/mol. The number of guanidine groups is 1. The third-order valence-electron chi connectivity index (χ3n) is 2.77. The van der Waals surface area contributed by atoms with Gasteiger partial charge in [-0.05, 0) is 18.7 Å². The molecule has 4 N–H and O–H groups in total. The van der Waals surface area contributed by atoms with Crippen molar-refractivity contribution in [1.82, 2.24) is 5.32 Å². The zero-order valence-corrected chi connectivity index (χ0v) is 11.2. The van der Waals surface area contributed by atoms with Crippen molar-refractivity contribution in [2.45, 2.75) is 19.1 Å². The van der Waals surface area contributed by atoms with E-state index in [1.165, 1.54) is 0 Å². The summed E-state index contributed by atoms with van der Waals surface area (Å²) in [6.45, 7) is 3.38. The van der Waals surface area contributed by atoms with Crippen LogP contribution < -0.4 is 11.1 Å². The van der Waals surface area contributed by atoms with E-state index in [1.54, 1.807) is 18.2 Å². The Morgan fingerprint density at radius 2 is 2.45 bits per heavy atom. The molecule has 8 heteroatoms. The normalized spacial score (nSPS) is 22.8. The van der Waals surface area contributed by atoms with E-state index in [4.69, 9.17) is 10.5 Å². The van der Waals surface area contributed by atoms with Crippen LogP contribution in [0.25, 0.3) is 0 Å². The highest BCUT2D eigenvalue weighted by Crippen LogP contribution is 2.16. The molecule has 2 atom stereocenters. The van der Waals surface area contributed by atoms with Crippen LogP contribution in [0, 0.1) is 4.91 Å². The van der Waals surface area contributed by atoms with Crippen molar-refractivity contribution in [3.63, 3.8) is 0 Å². The molecular weight excluding hydrogens is 262 g/mol. The molecule has 0 spiro atoms. The zero-order valence-electron chi connectivity index (χ0n) is 11.2. The molecule has 108 valence electrons. The molecule has 0 aromatic carbocycles. The van der Waals surface area contributed by atoms with Gasteiger partial charge in [-0.1, -0.05) is 6.92 Å². The number of fused-ring (bicyclic) bond motifs is 1. The lowest BCUT2D eigenvalue weighted by molar-refractivity contribution is -0.497. The van der Waals surface area contributed by atoms with Crippen LogP contribution in [0.4, 0.5) is 0 Å². The van der Waals surface area contributed by atoms with Crippen LogP contribution >= 0.6 is 0 Å². The highest BCUT2D eigenvalue weighted by Gasteiger charge is 2.32. The van der Waals surface area contributed by atoms with Crippen LogP contribution in [0.15, 0.2) is 34.0 Å². The lowest BCUT2D eigenvalue weighted by Gasteiger charge is -2.17. The number of rotatable bonds is 6. The maximum atomic E-state index is 11.6. The van der Waals surface area contributed by atoms with Crippen LogP contribution in [-0.4, -0.2) is 53.6 Å². The Balaban J connectivity index is 1.92. The molecule has 0 amide bonds. The topological polar surface area (TPSA) is 112 Å². The van der Waals surface area contributed by atoms with Crippen molar-refractivity contribution in [1.29, 1.82) is 0 Å². The highest BCUT2D eigenvalue weighted by atomic mass is 16.5. The Morgan fingerprint density at radius 1 is 1.65 bits per heavy atom. The van der Waals surface area contributed by atoms with E-state index in [0.29, 0.717) is 22.8 Å². The predicted octanol–water partition coefficient (Wildman–Crippen LogP) is -0.741. The van der Waals surface area contributed by atoms with Gasteiger partial charge in [-0.25, -0.2) is 4.99 Å². The van der Waals surface area contributed by atoms with Gasteiger partial charge < -0.3 is 20.9 Å². The molecule has 1 aliphatic heterocycles. The fourth-order valence-corrected chi connectivity index (χ4v) is 1.81. The van der Waals surface area contributed by atoms with Crippen molar-refractivity contribution in [2.75, 3.05) is 19.7 Å². The molecular formula is C12H18N5O3+. The second-order valence-corrected chi connectivity index (χ2v) is 4.40. The number of likely N-dealkylation sites (N-methyl/N-ethyl adjacent to an activating group) is 1. The van der Waals surface area contributed by atoms with Crippen LogP contribution in [0.3, 0.4) is 0 Å². The number of hydrogen-bond donors (Lipinski definition) is 3. The number of aliphatic hydroxyl groups is 1. The number of nitrogens with zero attached hydrogens (tertiary/aromatic N) is 3. The molecule has 0 saturated heterocycles. The minimum absolute atomic E-state index is 0.0720. The summed E-state index contributed by atoms with van der Waals surface area (Å²) >= 11 is 0. The summed E-state index contributed by atoms with van der Waals surface area (Å²) in [6, 6.07) is 0. The number of nitrogens with two attached hydrogens (primary N) is 1. The zero-order chi connectivity index (χ0) is 14.5. The number of nitroso groups, excluding NO2 is 1. The van der Waals surface area contributed by atoms with Crippen LogP contribution in [0.5, 0.6) is 0 Å². The van der Waals surface area contributed by atoms with Crippen LogP contribution in [0.2, 0.25) is 0 Å². The molecule has 1 aliphatic carbocycles. The van der Waals surface area contributed by atoms with Crippen LogP contribution in [-0.2, 0) is 4.74 Å². The van der Waals surface area contributed by atoms with Gasteiger partial charge in [-0.2, -0.15) is 0 Å². The van der Waals surface area contributed by atoms with Crippen molar-refractivity contribution in [2.24, 2.45) is 15.8 Å². The summed E-state index contributed by atoms with van der Waals surface area (Å²) in [5.74, 6) is -0.0720. The second kappa shape index (κ2) is 6.51. The molecule has 0 aromatic heterocycles. The molecule has 0 saturated carbocycles. The lowest BCUT2D eigenvalue weighted by atomic mass is 10.1. The van der Waals surface area contributed by atoms with Crippen LogP contribution in [0.1, 0.15) is 6.92 Å². The quantitative estimate of drug-likeness (QED) is 0.555.